The van der Waals surface area contributed by atoms with Crippen LogP contribution in [0.25, 0.3) is 10.2 Å². The lowest BCUT2D eigenvalue weighted by molar-refractivity contribution is 0.589. The van der Waals surface area contributed by atoms with Crippen LogP contribution in [0.15, 0.2) is 40.4 Å². The average Bonchev–Trinajstić information content (AvgIpc) is 2.88. The summed E-state index contributed by atoms with van der Waals surface area (Å²) in [6, 6.07) is 11.1. The number of thiophene rings is 1. The summed E-state index contributed by atoms with van der Waals surface area (Å²) in [4.78, 5) is 9.72. The maximum atomic E-state index is 4.41. The van der Waals surface area contributed by atoms with Gasteiger partial charge in [-0.2, -0.15) is 0 Å². The molecule has 2 aromatic heterocycles. The van der Waals surface area contributed by atoms with Crippen molar-refractivity contribution in [3.63, 3.8) is 0 Å². The molecule has 0 fully saturated rings. The van der Waals surface area contributed by atoms with E-state index in [-0.39, 0.29) is 11.5 Å². The Morgan fingerprint density at radius 2 is 1.83 bits per heavy atom. The summed E-state index contributed by atoms with van der Waals surface area (Å²) in [5, 5.41) is 4.57. The lowest BCUT2D eigenvalue weighted by Crippen LogP contribution is -2.12. The van der Waals surface area contributed by atoms with Crippen LogP contribution in [0.4, 0.5) is 5.82 Å². The molecule has 0 saturated heterocycles. The SMILES string of the molecule is CC(Nc1ncnc2sc(Br)cc12)c1ccc(C(C)(C)C)cc1. The summed E-state index contributed by atoms with van der Waals surface area (Å²) in [5.41, 5.74) is 2.77. The number of hydrogen-bond donors (Lipinski definition) is 1. The number of halogens is 1. The van der Waals surface area contributed by atoms with Crippen LogP contribution < -0.4 is 5.32 Å². The zero-order valence-electron chi connectivity index (χ0n) is 13.7. The number of hydrogen-bond acceptors (Lipinski definition) is 4. The van der Waals surface area contributed by atoms with Crippen molar-refractivity contribution in [1.29, 1.82) is 0 Å². The molecule has 0 aliphatic rings. The minimum absolute atomic E-state index is 0.178. The maximum absolute atomic E-state index is 4.41. The molecular weight excluding hydrogens is 370 g/mol. The smallest absolute Gasteiger partial charge is 0.138 e. The Morgan fingerprint density at radius 3 is 2.48 bits per heavy atom. The first-order valence-corrected chi connectivity index (χ1v) is 9.22. The van der Waals surface area contributed by atoms with E-state index in [0.29, 0.717) is 0 Å². The van der Waals surface area contributed by atoms with Crippen LogP contribution in [0.3, 0.4) is 0 Å². The number of nitrogens with zero attached hydrogens (tertiary/aromatic N) is 2. The summed E-state index contributed by atoms with van der Waals surface area (Å²) < 4.78 is 1.07. The third-order valence-electron chi connectivity index (χ3n) is 3.93. The maximum Gasteiger partial charge on any atom is 0.138 e. The van der Waals surface area contributed by atoms with Crippen LogP contribution in [-0.4, -0.2) is 9.97 Å². The monoisotopic (exact) mass is 389 g/mol. The normalized spacial score (nSPS) is 13.3. The highest BCUT2D eigenvalue weighted by molar-refractivity contribution is 9.11. The third kappa shape index (κ3) is 3.56. The van der Waals surface area contributed by atoms with Crippen molar-refractivity contribution in [2.24, 2.45) is 0 Å². The van der Waals surface area contributed by atoms with Crippen molar-refractivity contribution in [1.82, 2.24) is 9.97 Å². The number of benzene rings is 1. The summed E-state index contributed by atoms with van der Waals surface area (Å²) >= 11 is 5.14. The van der Waals surface area contributed by atoms with Gasteiger partial charge in [0.1, 0.15) is 17.0 Å². The van der Waals surface area contributed by atoms with Gasteiger partial charge < -0.3 is 5.32 Å². The first kappa shape index (κ1) is 16.4. The van der Waals surface area contributed by atoms with Crippen LogP contribution >= 0.6 is 27.3 Å². The molecule has 0 spiro atoms. The Bertz CT molecular complexity index is 818. The Hall–Kier alpha value is -1.46. The first-order valence-electron chi connectivity index (χ1n) is 7.61. The van der Waals surface area contributed by atoms with E-state index in [1.165, 1.54) is 11.1 Å². The summed E-state index contributed by atoms with van der Waals surface area (Å²) in [6.07, 6.45) is 1.61. The zero-order chi connectivity index (χ0) is 16.6. The standard InChI is InChI=1S/C18H20BrN3S/c1-11(12-5-7-13(8-6-12)18(2,3)4)22-16-14-9-15(19)23-17(14)21-10-20-16/h5-11H,1-4H3,(H,20,21,22). The first-order chi connectivity index (χ1) is 10.8. The van der Waals surface area contributed by atoms with Crippen LogP contribution in [0.2, 0.25) is 0 Å². The van der Waals surface area contributed by atoms with Crippen LogP contribution in [0.1, 0.15) is 44.9 Å². The topological polar surface area (TPSA) is 37.8 Å². The molecule has 0 bridgehead atoms. The quantitative estimate of drug-likeness (QED) is 0.603. The summed E-state index contributed by atoms with van der Waals surface area (Å²) in [7, 11) is 0. The zero-order valence-corrected chi connectivity index (χ0v) is 16.1. The van der Waals surface area contributed by atoms with Crippen molar-refractivity contribution < 1.29 is 0 Å². The van der Waals surface area contributed by atoms with Crippen molar-refractivity contribution >= 4 is 43.3 Å². The highest BCUT2D eigenvalue weighted by Crippen LogP contribution is 2.33. The molecule has 23 heavy (non-hydrogen) atoms. The summed E-state index contributed by atoms with van der Waals surface area (Å²) in [6.45, 7) is 8.85. The lowest BCUT2D eigenvalue weighted by Gasteiger charge is -2.21. The average molecular weight is 390 g/mol. The molecule has 0 aliphatic heterocycles. The fourth-order valence-corrected chi connectivity index (χ4v) is 3.92. The summed E-state index contributed by atoms with van der Waals surface area (Å²) in [5.74, 6) is 0.879. The molecule has 1 N–H and O–H groups in total. The molecule has 120 valence electrons. The lowest BCUT2D eigenvalue weighted by atomic mass is 9.86. The van der Waals surface area contributed by atoms with E-state index in [1.807, 2.05) is 0 Å². The molecule has 0 amide bonds. The fraction of sp³-hybridized carbons (Fsp3) is 0.333. The predicted octanol–water partition coefficient (Wildman–Crippen LogP) is 5.92. The van der Waals surface area contributed by atoms with Gasteiger partial charge in [-0.1, -0.05) is 45.0 Å². The Kier molecular flexibility index (Phi) is 4.43. The molecule has 3 rings (SSSR count). The van der Waals surface area contributed by atoms with E-state index < -0.39 is 0 Å². The van der Waals surface area contributed by atoms with E-state index in [0.717, 1.165) is 19.8 Å². The molecule has 1 aromatic carbocycles. The van der Waals surface area contributed by atoms with Gasteiger partial charge in [-0.15, -0.1) is 11.3 Å². The molecule has 2 heterocycles. The van der Waals surface area contributed by atoms with Crippen LogP contribution in [0, 0.1) is 0 Å². The molecule has 0 saturated carbocycles. The highest BCUT2D eigenvalue weighted by Gasteiger charge is 2.15. The minimum atomic E-state index is 0.178. The molecule has 3 nitrogen and oxygen atoms in total. The molecule has 0 aliphatic carbocycles. The number of fused-ring (bicyclic) bond motifs is 1. The van der Waals surface area contributed by atoms with Gasteiger partial charge in [0, 0.05) is 6.04 Å². The van der Waals surface area contributed by atoms with Gasteiger partial charge in [0.25, 0.3) is 0 Å². The van der Waals surface area contributed by atoms with Crippen molar-refractivity contribution in [2.75, 3.05) is 5.32 Å². The molecule has 1 unspecified atom stereocenters. The van der Waals surface area contributed by atoms with Gasteiger partial charge in [-0.05, 0) is 45.5 Å². The van der Waals surface area contributed by atoms with Crippen molar-refractivity contribution in [3.8, 4) is 0 Å². The van der Waals surface area contributed by atoms with Crippen molar-refractivity contribution in [3.05, 3.63) is 51.6 Å². The number of nitrogens with one attached hydrogen (secondary N) is 1. The van der Waals surface area contributed by atoms with Gasteiger partial charge in [0.15, 0.2) is 0 Å². The highest BCUT2D eigenvalue weighted by atomic mass is 79.9. The molecule has 5 heteroatoms. The van der Waals surface area contributed by atoms with E-state index >= 15 is 0 Å². The Labute approximate surface area is 149 Å². The number of anilines is 1. The molecule has 3 aromatic rings. The van der Waals surface area contributed by atoms with E-state index in [9.17, 15) is 0 Å². The van der Waals surface area contributed by atoms with Crippen LogP contribution in [0.5, 0.6) is 0 Å². The van der Waals surface area contributed by atoms with Gasteiger partial charge in [-0.25, -0.2) is 9.97 Å². The largest absolute Gasteiger partial charge is 0.363 e. The van der Waals surface area contributed by atoms with Gasteiger partial charge in [-0.3, -0.25) is 0 Å². The molecule has 0 radical (unpaired) electrons. The molecular formula is C18H20BrN3S. The molecule has 1 atom stereocenters. The second kappa shape index (κ2) is 6.21. The van der Waals surface area contributed by atoms with E-state index in [1.54, 1.807) is 17.7 Å². The fourth-order valence-electron chi connectivity index (χ4n) is 2.50. The van der Waals surface area contributed by atoms with E-state index in [4.69, 9.17) is 0 Å². The second-order valence-electron chi connectivity index (χ2n) is 6.73. The van der Waals surface area contributed by atoms with Crippen LogP contribution in [-0.2, 0) is 5.41 Å². The van der Waals surface area contributed by atoms with Gasteiger partial charge in [0.2, 0.25) is 0 Å². The minimum Gasteiger partial charge on any atom is -0.363 e. The Balaban J connectivity index is 1.84. The second-order valence-corrected chi connectivity index (χ2v) is 9.14. The third-order valence-corrected chi connectivity index (χ3v) is 5.48. The Morgan fingerprint density at radius 1 is 1.13 bits per heavy atom. The van der Waals surface area contributed by atoms with E-state index in [2.05, 4.69) is 89.2 Å². The van der Waals surface area contributed by atoms with Crippen molar-refractivity contribution in [2.45, 2.75) is 39.2 Å². The van der Waals surface area contributed by atoms with Gasteiger partial charge in [0.05, 0.1) is 9.17 Å². The van der Waals surface area contributed by atoms with Gasteiger partial charge >= 0.3 is 0 Å². The number of aromatic nitrogens is 2. The number of rotatable bonds is 3. The predicted molar refractivity (Wildman–Crippen MR) is 102 cm³/mol.